The van der Waals surface area contributed by atoms with Crippen LogP contribution in [0.1, 0.15) is 0 Å². The van der Waals surface area contributed by atoms with Gasteiger partial charge in [-0.3, -0.25) is 0 Å². The zero-order valence-corrected chi connectivity index (χ0v) is 26.9. The number of thiophene rings is 2. The Hall–Kier alpha value is -5.62. The molecule has 0 spiro atoms. The molecule has 2 aromatic heterocycles. The highest BCUT2D eigenvalue weighted by Gasteiger charge is 2.21. The first-order chi connectivity index (χ1) is 23.2. The van der Waals surface area contributed by atoms with Crippen molar-refractivity contribution in [2.45, 2.75) is 0 Å². The minimum absolute atomic E-state index is 0.210. The molecule has 7 aromatic carbocycles. The number of benzene rings is 7. The second-order valence-corrected chi connectivity index (χ2v) is 13.7. The molecule has 0 saturated heterocycles. The molecule has 0 amide bonds. The molecule has 0 unspecified atom stereocenters. The van der Waals surface area contributed by atoms with Gasteiger partial charge in [0.05, 0.1) is 5.69 Å². The van der Waals surface area contributed by atoms with Gasteiger partial charge in [0.15, 0.2) is 0 Å². The molecule has 9 aromatic rings. The molecule has 1 N–H and O–H groups in total. The Morgan fingerprint density at radius 2 is 0.766 bits per heavy atom. The van der Waals surface area contributed by atoms with E-state index in [2.05, 4.69) is 125 Å². The third-order valence-electron chi connectivity index (χ3n) is 8.73. The molecule has 2 heterocycles. The van der Waals surface area contributed by atoms with E-state index in [0.717, 1.165) is 28.4 Å². The van der Waals surface area contributed by atoms with Gasteiger partial charge in [-0.2, -0.15) is 0 Å². The molecule has 0 aliphatic carbocycles. The Labute approximate surface area is 280 Å². The van der Waals surface area contributed by atoms with E-state index in [1.54, 1.807) is 0 Å². The highest BCUT2D eigenvalue weighted by molar-refractivity contribution is 7.26. The number of phenolic OH excluding ortho intramolecular Hbond substituents is 1. The molecule has 0 radical (unpaired) electrons. The predicted molar refractivity (Wildman–Crippen MR) is 203 cm³/mol. The lowest BCUT2D eigenvalue weighted by Gasteiger charge is -2.30. The van der Waals surface area contributed by atoms with E-state index < -0.39 is 0 Å². The van der Waals surface area contributed by atoms with Crippen LogP contribution < -0.4 is 9.80 Å². The summed E-state index contributed by atoms with van der Waals surface area (Å²) in [5.41, 5.74) is 5.72. The van der Waals surface area contributed by atoms with Gasteiger partial charge in [0, 0.05) is 68.8 Å². The lowest BCUT2D eigenvalue weighted by molar-refractivity contribution is 0.476. The van der Waals surface area contributed by atoms with Crippen molar-refractivity contribution in [1.82, 2.24) is 0 Å². The maximum absolute atomic E-state index is 11.4. The van der Waals surface area contributed by atoms with Crippen LogP contribution in [0.5, 0.6) is 5.75 Å². The molecule has 0 aliphatic heterocycles. The number of fused-ring (bicyclic) bond motifs is 6. The second-order valence-electron chi connectivity index (χ2n) is 11.6. The summed E-state index contributed by atoms with van der Waals surface area (Å²) in [7, 11) is 0. The third kappa shape index (κ3) is 4.79. The fraction of sp³-hybridized carbons (Fsp3) is 0. The number of aromatic hydroxyl groups is 1. The number of anilines is 6. The summed E-state index contributed by atoms with van der Waals surface area (Å²) in [6.45, 7) is 0. The van der Waals surface area contributed by atoms with Crippen LogP contribution in [-0.4, -0.2) is 5.11 Å². The highest BCUT2D eigenvalue weighted by atomic mass is 32.1. The SMILES string of the molecule is Oc1ccc(N(c2ccc3c(c2)sc2ccccc23)c2ccc3c(c2)sc2ccccc23)cc1N(c1ccccc1)c1ccccc1. The number of hydrogen-bond donors (Lipinski definition) is 1. The van der Waals surface area contributed by atoms with Crippen molar-refractivity contribution in [3.05, 3.63) is 164 Å². The summed E-state index contributed by atoms with van der Waals surface area (Å²) in [6, 6.07) is 57.1. The van der Waals surface area contributed by atoms with Gasteiger partial charge in [-0.05, 0) is 78.9 Å². The van der Waals surface area contributed by atoms with Gasteiger partial charge in [0.2, 0.25) is 0 Å². The molecule has 47 heavy (non-hydrogen) atoms. The van der Waals surface area contributed by atoms with Crippen LogP contribution in [0.25, 0.3) is 40.3 Å². The van der Waals surface area contributed by atoms with Crippen molar-refractivity contribution in [3.63, 3.8) is 0 Å². The summed E-state index contributed by atoms with van der Waals surface area (Å²) < 4.78 is 5.05. The number of phenols is 1. The van der Waals surface area contributed by atoms with Crippen LogP contribution in [0.15, 0.2) is 164 Å². The molecule has 5 heteroatoms. The van der Waals surface area contributed by atoms with E-state index in [4.69, 9.17) is 0 Å². The number of hydrogen-bond acceptors (Lipinski definition) is 5. The van der Waals surface area contributed by atoms with Gasteiger partial charge in [-0.15, -0.1) is 22.7 Å². The third-order valence-corrected chi connectivity index (χ3v) is 11.0. The summed E-state index contributed by atoms with van der Waals surface area (Å²) in [4.78, 5) is 4.42. The van der Waals surface area contributed by atoms with Gasteiger partial charge < -0.3 is 14.9 Å². The number of rotatable bonds is 6. The van der Waals surface area contributed by atoms with Crippen LogP contribution in [0, 0.1) is 0 Å². The van der Waals surface area contributed by atoms with Gasteiger partial charge in [-0.25, -0.2) is 0 Å². The van der Waals surface area contributed by atoms with Gasteiger partial charge in [-0.1, -0.05) is 84.9 Å². The predicted octanol–water partition coefficient (Wildman–Crippen LogP) is 13.1. The Balaban J connectivity index is 1.26. The second kappa shape index (κ2) is 11.3. The molecule has 0 saturated carbocycles. The molecule has 0 aliphatic rings. The minimum Gasteiger partial charge on any atom is -0.506 e. The van der Waals surface area contributed by atoms with Crippen molar-refractivity contribution in [1.29, 1.82) is 0 Å². The summed E-state index contributed by atoms with van der Waals surface area (Å²) >= 11 is 3.64. The molecular formula is C42H28N2OS2. The van der Waals surface area contributed by atoms with Gasteiger partial charge >= 0.3 is 0 Å². The molecule has 0 atom stereocenters. The number of nitrogens with zero attached hydrogens (tertiary/aromatic N) is 2. The molecule has 224 valence electrons. The average Bonchev–Trinajstić information content (AvgIpc) is 3.68. The average molecular weight is 641 g/mol. The van der Waals surface area contributed by atoms with Crippen LogP contribution in [-0.2, 0) is 0 Å². The van der Waals surface area contributed by atoms with E-state index in [-0.39, 0.29) is 5.75 Å². The van der Waals surface area contributed by atoms with Crippen LogP contribution in [0.2, 0.25) is 0 Å². The Kier molecular flexibility index (Phi) is 6.66. The topological polar surface area (TPSA) is 26.7 Å². The summed E-state index contributed by atoms with van der Waals surface area (Å²) in [6.07, 6.45) is 0. The van der Waals surface area contributed by atoms with E-state index in [1.165, 1.54) is 40.3 Å². The Morgan fingerprint density at radius 1 is 0.340 bits per heavy atom. The lowest BCUT2D eigenvalue weighted by atomic mass is 10.1. The van der Waals surface area contributed by atoms with E-state index in [9.17, 15) is 5.11 Å². The quantitative estimate of drug-likeness (QED) is 0.196. The highest BCUT2D eigenvalue weighted by Crippen LogP contribution is 2.47. The molecule has 0 fully saturated rings. The summed E-state index contributed by atoms with van der Waals surface area (Å²) in [5, 5.41) is 16.5. The summed E-state index contributed by atoms with van der Waals surface area (Å²) in [5.74, 6) is 0.210. The fourth-order valence-electron chi connectivity index (χ4n) is 6.57. The van der Waals surface area contributed by atoms with Crippen molar-refractivity contribution in [2.24, 2.45) is 0 Å². The smallest absolute Gasteiger partial charge is 0.139 e. The zero-order valence-electron chi connectivity index (χ0n) is 25.2. The number of para-hydroxylation sites is 2. The Bertz CT molecular complexity index is 2400. The maximum atomic E-state index is 11.4. The largest absolute Gasteiger partial charge is 0.506 e. The van der Waals surface area contributed by atoms with Crippen molar-refractivity contribution in [3.8, 4) is 5.75 Å². The fourth-order valence-corrected chi connectivity index (χ4v) is 8.84. The van der Waals surface area contributed by atoms with E-state index in [1.807, 2.05) is 71.2 Å². The van der Waals surface area contributed by atoms with Crippen molar-refractivity contribution < 1.29 is 5.11 Å². The standard InChI is InChI=1S/C42H28N2OS2/c45-38-24-21-30(25-37(38)44(28-11-3-1-4-12-28)29-13-5-2-6-14-29)43(31-19-22-35-33-15-7-9-17-39(33)46-41(35)26-31)32-20-23-36-34-16-8-10-18-40(34)47-42(36)27-32/h1-27,45H. The Morgan fingerprint density at radius 3 is 1.30 bits per heavy atom. The van der Waals surface area contributed by atoms with Crippen LogP contribution in [0.3, 0.4) is 0 Å². The van der Waals surface area contributed by atoms with Crippen LogP contribution >= 0.6 is 22.7 Å². The maximum Gasteiger partial charge on any atom is 0.139 e. The van der Waals surface area contributed by atoms with Gasteiger partial charge in [0.1, 0.15) is 5.75 Å². The monoisotopic (exact) mass is 640 g/mol. The molecule has 3 nitrogen and oxygen atoms in total. The molecular weight excluding hydrogens is 613 g/mol. The lowest BCUT2D eigenvalue weighted by Crippen LogP contribution is -2.13. The van der Waals surface area contributed by atoms with Crippen molar-refractivity contribution >= 4 is 97.1 Å². The first-order valence-corrected chi connectivity index (χ1v) is 17.2. The normalized spacial score (nSPS) is 11.5. The zero-order chi connectivity index (χ0) is 31.3. The van der Waals surface area contributed by atoms with Crippen LogP contribution in [0.4, 0.5) is 34.1 Å². The van der Waals surface area contributed by atoms with E-state index in [0.29, 0.717) is 5.69 Å². The van der Waals surface area contributed by atoms with E-state index >= 15 is 0 Å². The van der Waals surface area contributed by atoms with Gasteiger partial charge in [0.25, 0.3) is 0 Å². The first-order valence-electron chi connectivity index (χ1n) is 15.6. The first kappa shape index (κ1) is 27.7. The molecule has 9 rings (SSSR count). The molecule has 0 bridgehead atoms. The van der Waals surface area contributed by atoms with Crippen molar-refractivity contribution in [2.75, 3.05) is 9.80 Å². The minimum atomic E-state index is 0.210.